The average Bonchev–Trinajstić information content (AvgIpc) is 3.01. The predicted molar refractivity (Wildman–Crippen MR) is 118 cm³/mol. The molecule has 0 saturated heterocycles. The molecule has 3 rings (SSSR count). The summed E-state index contributed by atoms with van der Waals surface area (Å²) in [4.78, 5) is 12.8. The van der Waals surface area contributed by atoms with Gasteiger partial charge in [-0.25, -0.2) is 4.68 Å². The molecule has 30 heavy (non-hydrogen) atoms. The summed E-state index contributed by atoms with van der Waals surface area (Å²) in [6.45, 7) is 2.26. The molecule has 0 fully saturated rings. The van der Waals surface area contributed by atoms with Gasteiger partial charge in [-0.05, 0) is 36.8 Å². The van der Waals surface area contributed by atoms with Gasteiger partial charge < -0.3 is 14.8 Å². The number of carbonyl (C=O) groups excluding carboxylic acids is 1. The lowest BCUT2D eigenvalue weighted by Crippen LogP contribution is -2.23. The second-order valence-corrected chi connectivity index (χ2v) is 7.65. The molecule has 0 radical (unpaired) electrons. The van der Waals surface area contributed by atoms with Crippen LogP contribution in [0.2, 0.25) is 15.2 Å². The van der Waals surface area contributed by atoms with Crippen LogP contribution in [0, 0.1) is 6.92 Å². The van der Waals surface area contributed by atoms with E-state index >= 15 is 0 Å². The number of hydrogen-bond acceptors (Lipinski definition) is 4. The number of amides is 1. The summed E-state index contributed by atoms with van der Waals surface area (Å²) >= 11 is 18.9. The lowest BCUT2D eigenvalue weighted by molar-refractivity contribution is 0.0950. The largest absolute Gasteiger partial charge is 0.493 e. The molecule has 0 atom stereocenters. The summed E-state index contributed by atoms with van der Waals surface area (Å²) in [5, 5.41) is 8.47. The fourth-order valence-corrected chi connectivity index (χ4v) is 3.85. The van der Waals surface area contributed by atoms with Crippen LogP contribution in [0.5, 0.6) is 11.5 Å². The van der Waals surface area contributed by atoms with Gasteiger partial charge in [0.15, 0.2) is 11.5 Å². The number of carbonyl (C=O) groups is 1. The van der Waals surface area contributed by atoms with Crippen molar-refractivity contribution in [3.63, 3.8) is 0 Å². The van der Waals surface area contributed by atoms with E-state index in [4.69, 9.17) is 44.3 Å². The maximum absolute atomic E-state index is 12.8. The highest BCUT2D eigenvalue weighted by molar-refractivity contribution is 6.36. The third-order valence-corrected chi connectivity index (χ3v) is 5.66. The first-order chi connectivity index (χ1) is 14.3. The van der Waals surface area contributed by atoms with Gasteiger partial charge in [0.2, 0.25) is 0 Å². The van der Waals surface area contributed by atoms with Crippen molar-refractivity contribution in [3.05, 3.63) is 74.0 Å². The van der Waals surface area contributed by atoms with Gasteiger partial charge in [0, 0.05) is 22.2 Å². The Morgan fingerprint density at radius 3 is 2.37 bits per heavy atom. The number of methoxy groups -OCH3 is 2. The monoisotopic (exact) mass is 467 g/mol. The van der Waals surface area contributed by atoms with Crippen LogP contribution in [0.15, 0.2) is 36.4 Å². The molecule has 1 aromatic heterocycles. The number of hydrogen-bond donors (Lipinski definition) is 1. The first kappa shape index (κ1) is 22.3. The molecule has 0 aliphatic rings. The van der Waals surface area contributed by atoms with E-state index in [2.05, 4.69) is 10.4 Å². The molecule has 158 valence electrons. The Labute approximate surface area is 189 Å². The number of nitrogens with zero attached hydrogens (tertiary/aromatic N) is 2. The van der Waals surface area contributed by atoms with Crippen LogP contribution in [0.4, 0.5) is 0 Å². The lowest BCUT2D eigenvalue weighted by Gasteiger charge is -2.10. The van der Waals surface area contributed by atoms with Gasteiger partial charge in [-0.2, -0.15) is 5.10 Å². The maximum Gasteiger partial charge on any atom is 0.256 e. The van der Waals surface area contributed by atoms with Crippen molar-refractivity contribution in [1.82, 2.24) is 15.1 Å². The molecule has 9 heteroatoms. The first-order valence-corrected chi connectivity index (χ1v) is 10.1. The van der Waals surface area contributed by atoms with Crippen LogP contribution in [0.1, 0.15) is 27.2 Å². The quantitative estimate of drug-likeness (QED) is 0.521. The third kappa shape index (κ3) is 4.67. The molecule has 1 N–H and O–H groups in total. The number of aromatic nitrogens is 2. The summed E-state index contributed by atoms with van der Waals surface area (Å²) in [5.41, 5.74) is 2.35. The maximum atomic E-state index is 12.8. The molecule has 0 saturated carbocycles. The SMILES string of the molecule is COc1ccc(CNC(=O)c2c(C)nn(Cc3c(Cl)cccc3Cl)c2Cl)cc1OC. The molecule has 1 amide bonds. The molecule has 0 aliphatic carbocycles. The van der Waals surface area contributed by atoms with Gasteiger partial charge >= 0.3 is 0 Å². The fraction of sp³-hybridized carbons (Fsp3) is 0.238. The van der Waals surface area contributed by atoms with Gasteiger partial charge in [0.05, 0.1) is 32.0 Å². The van der Waals surface area contributed by atoms with Crippen LogP contribution in [0.25, 0.3) is 0 Å². The standard InChI is InChI=1S/C21H20Cl3N3O3/c1-12-19(20(24)27(26-12)11-14-15(22)5-4-6-16(14)23)21(28)25-10-13-7-8-17(29-2)18(9-13)30-3/h4-9H,10-11H2,1-3H3,(H,25,28). The minimum absolute atomic E-state index is 0.216. The zero-order chi connectivity index (χ0) is 21.8. The second-order valence-electron chi connectivity index (χ2n) is 6.48. The number of rotatable bonds is 7. The van der Waals surface area contributed by atoms with E-state index in [-0.39, 0.29) is 24.1 Å². The molecule has 1 heterocycles. The molecule has 3 aromatic rings. The van der Waals surface area contributed by atoms with Gasteiger partial charge in [-0.3, -0.25) is 4.79 Å². The molecule has 0 aliphatic heterocycles. The number of aryl methyl sites for hydroxylation is 1. The smallest absolute Gasteiger partial charge is 0.256 e. The minimum Gasteiger partial charge on any atom is -0.493 e. The van der Waals surface area contributed by atoms with Crippen molar-refractivity contribution in [2.24, 2.45) is 0 Å². The van der Waals surface area contributed by atoms with Crippen LogP contribution in [0.3, 0.4) is 0 Å². The summed E-state index contributed by atoms with van der Waals surface area (Å²) in [6, 6.07) is 10.7. The van der Waals surface area contributed by atoms with Crippen molar-refractivity contribution in [2.45, 2.75) is 20.0 Å². The van der Waals surface area contributed by atoms with E-state index in [0.717, 1.165) is 5.56 Å². The fourth-order valence-electron chi connectivity index (χ4n) is 3.01. The Balaban J connectivity index is 1.77. The van der Waals surface area contributed by atoms with E-state index in [1.807, 2.05) is 6.07 Å². The van der Waals surface area contributed by atoms with Crippen molar-refractivity contribution in [3.8, 4) is 11.5 Å². The highest BCUT2D eigenvalue weighted by Crippen LogP contribution is 2.29. The second kappa shape index (κ2) is 9.60. The molecular weight excluding hydrogens is 449 g/mol. The van der Waals surface area contributed by atoms with Crippen LogP contribution in [-0.2, 0) is 13.1 Å². The highest BCUT2D eigenvalue weighted by atomic mass is 35.5. The Bertz CT molecular complexity index is 1060. The lowest BCUT2D eigenvalue weighted by atomic mass is 10.2. The van der Waals surface area contributed by atoms with Gasteiger partial charge in [0.25, 0.3) is 5.91 Å². The van der Waals surface area contributed by atoms with E-state index in [1.165, 1.54) is 4.68 Å². The number of ether oxygens (including phenoxy) is 2. The van der Waals surface area contributed by atoms with Crippen molar-refractivity contribution in [1.29, 1.82) is 0 Å². The van der Waals surface area contributed by atoms with E-state index in [0.29, 0.717) is 38.4 Å². The molecule has 0 bridgehead atoms. The average molecular weight is 469 g/mol. The first-order valence-electron chi connectivity index (χ1n) is 9.00. The van der Waals surface area contributed by atoms with Crippen LogP contribution < -0.4 is 14.8 Å². The third-order valence-electron chi connectivity index (χ3n) is 4.56. The minimum atomic E-state index is -0.330. The topological polar surface area (TPSA) is 65.4 Å². The highest BCUT2D eigenvalue weighted by Gasteiger charge is 2.21. The normalized spacial score (nSPS) is 10.7. The van der Waals surface area contributed by atoms with Crippen molar-refractivity contribution in [2.75, 3.05) is 14.2 Å². The number of nitrogens with one attached hydrogen (secondary N) is 1. The van der Waals surface area contributed by atoms with E-state index < -0.39 is 0 Å². The molecule has 0 unspecified atom stereocenters. The predicted octanol–water partition coefficient (Wildman–Crippen LogP) is 5.15. The molecule has 6 nitrogen and oxygen atoms in total. The number of benzene rings is 2. The summed E-state index contributed by atoms with van der Waals surface area (Å²) in [7, 11) is 3.13. The Hall–Kier alpha value is -2.41. The summed E-state index contributed by atoms with van der Waals surface area (Å²) < 4.78 is 12.0. The molecule has 2 aromatic carbocycles. The zero-order valence-electron chi connectivity index (χ0n) is 16.6. The Morgan fingerprint density at radius 1 is 1.07 bits per heavy atom. The van der Waals surface area contributed by atoms with Gasteiger partial charge in [0.1, 0.15) is 5.15 Å². The van der Waals surface area contributed by atoms with E-state index in [9.17, 15) is 4.79 Å². The Morgan fingerprint density at radius 2 is 1.73 bits per heavy atom. The molecule has 0 spiro atoms. The zero-order valence-corrected chi connectivity index (χ0v) is 18.9. The van der Waals surface area contributed by atoms with E-state index in [1.54, 1.807) is 51.5 Å². The van der Waals surface area contributed by atoms with Crippen molar-refractivity contribution < 1.29 is 14.3 Å². The van der Waals surface area contributed by atoms with Gasteiger partial charge in [-0.1, -0.05) is 46.9 Å². The Kier molecular flexibility index (Phi) is 7.13. The van der Waals surface area contributed by atoms with Crippen molar-refractivity contribution >= 4 is 40.7 Å². The summed E-state index contributed by atoms with van der Waals surface area (Å²) in [6.07, 6.45) is 0. The number of halogens is 3. The summed E-state index contributed by atoms with van der Waals surface area (Å²) in [5.74, 6) is 0.873. The van der Waals surface area contributed by atoms with Gasteiger partial charge in [-0.15, -0.1) is 0 Å². The molecular formula is C21H20Cl3N3O3. The van der Waals surface area contributed by atoms with Crippen LogP contribution in [-0.4, -0.2) is 29.9 Å². The van der Waals surface area contributed by atoms with Crippen LogP contribution >= 0.6 is 34.8 Å².